The highest BCUT2D eigenvalue weighted by Crippen LogP contribution is 2.23. The van der Waals surface area contributed by atoms with Crippen LogP contribution in [0.3, 0.4) is 0 Å². The summed E-state index contributed by atoms with van der Waals surface area (Å²) in [5.41, 5.74) is 2.44. The molecule has 0 aromatic heterocycles. The van der Waals surface area contributed by atoms with Gasteiger partial charge in [0.1, 0.15) is 0 Å². The smallest absolute Gasteiger partial charge is 0.242 e. The molecule has 2 aliphatic rings. The summed E-state index contributed by atoms with van der Waals surface area (Å²) in [6.45, 7) is 4.22. The highest BCUT2D eigenvalue weighted by atomic mass is 16.2. The summed E-state index contributed by atoms with van der Waals surface area (Å²) in [7, 11) is 0. The fraction of sp³-hybridized carbons (Fsp3) is 0.467. The molecule has 2 aliphatic heterocycles. The largest absolute Gasteiger partial charge is 0.333 e. The maximum Gasteiger partial charge on any atom is 0.242 e. The molecule has 1 aromatic rings. The molecule has 0 radical (unpaired) electrons. The molecule has 0 N–H and O–H groups in total. The predicted octanol–water partition coefficient (Wildman–Crippen LogP) is 1.40. The first-order valence-electron chi connectivity index (χ1n) is 6.78. The monoisotopic (exact) mass is 258 g/mol. The number of carbonyl (C=O) groups is 2. The van der Waals surface area contributed by atoms with Crippen molar-refractivity contribution in [3.8, 4) is 0 Å². The Morgan fingerprint density at radius 3 is 2.42 bits per heavy atom. The van der Waals surface area contributed by atoms with E-state index in [1.54, 1.807) is 4.90 Å². The fourth-order valence-corrected chi connectivity index (χ4v) is 2.82. The quantitative estimate of drug-likeness (QED) is 0.804. The number of carbonyl (C=O) groups excluding carboxylic acids is 2. The highest BCUT2D eigenvalue weighted by Gasteiger charge is 2.31. The molecule has 100 valence electrons. The molecule has 1 aromatic carbocycles. The van der Waals surface area contributed by atoms with Crippen LogP contribution in [0, 0.1) is 5.92 Å². The number of benzene rings is 1. The van der Waals surface area contributed by atoms with Crippen LogP contribution in [-0.2, 0) is 22.7 Å². The van der Waals surface area contributed by atoms with Crippen molar-refractivity contribution in [2.24, 2.45) is 5.92 Å². The highest BCUT2D eigenvalue weighted by molar-refractivity contribution is 5.87. The number of rotatable bonds is 2. The molecule has 0 aliphatic carbocycles. The van der Waals surface area contributed by atoms with Crippen molar-refractivity contribution < 1.29 is 9.59 Å². The number of amides is 2. The van der Waals surface area contributed by atoms with Crippen molar-refractivity contribution >= 4 is 11.8 Å². The van der Waals surface area contributed by atoms with E-state index in [1.807, 2.05) is 24.0 Å². The van der Waals surface area contributed by atoms with Crippen molar-refractivity contribution in [1.82, 2.24) is 9.80 Å². The first kappa shape index (κ1) is 12.2. The predicted molar refractivity (Wildman–Crippen MR) is 71.1 cm³/mol. The minimum Gasteiger partial charge on any atom is -0.333 e. The Morgan fingerprint density at radius 1 is 1.26 bits per heavy atom. The molecule has 19 heavy (non-hydrogen) atoms. The van der Waals surface area contributed by atoms with Crippen LogP contribution in [0.15, 0.2) is 24.3 Å². The maximum atomic E-state index is 12.3. The van der Waals surface area contributed by atoms with Crippen molar-refractivity contribution in [3.63, 3.8) is 0 Å². The first-order chi connectivity index (χ1) is 9.15. The van der Waals surface area contributed by atoms with Crippen LogP contribution in [-0.4, -0.2) is 34.7 Å². The summed E-state index contributed by atoms with van der Waals surface area (Å²) in [6.07, 6.45) is 0.867. The van der Waals surface area contributed by atoms with Gasteiger partial charge in [-0.15, -0.1) is 0 Å². The van der Waals surface area contributed by atoms with E-state index < -0.39 is 0 Å². The first-order valence-corrected chi connectivity index (χ1v) is 6.78. The van der Waals surface area contributed by atoms with E-state index >= 15 is 0 Å². The van der Waals surface area contributed by atoms with Crippen LogP contribution in [0.2, 0.25) is 0 Å². The second kappa shape index (κ2) is 4.68. The third-order valence-corrected chi connectivity index (χ3v) is 4.08. The van der Waals surface area contributed by atoms with Crippen LogP contribution in [0.25, 0.3) is 0 Å². The second-order valence-electron chi connectivity index (χ2n) is 5.47. The number of hydrogen-bond donors (Lipinski definition) is 0. The Labute approximate surface area is 113 Å². The average molecular weight is 258 g/mol. The minimum absolute atomic E-state index is 0.0543. The van der Waals surface area contributed by atoms with E-state index in [1.165, 1.54) is 11.1 Å². The topological polar surface area (TPSA) is 40.6 Å². The summed E-state index contributed by atoms with van der Waals surface area (Å²) in [5, 5.41) is 0. The molecule has 0 spiro atoms. The molecule has 0 saturated carbocycles. The van der Waals surface area contributed by atoms with E-state index in [0.717, 1.165) is 6.42 Å². The van der Waals surface area contributed by atoms with Gasteiger partial charge in [0.15, 0.2) is 0 Å². The van der Waals surface area contributed by atoms with Crippen LogP contribution < -0.4 is 0 Å². The lowest BCUT2D eigenvalue weighted by atomic mass is 10.1. The van der Waals surface area contributed by atoms with Gasteiger partial charge in [-0.2, -0.15) is 0 Å². The lowest BCUT2D eigenvalue weighted by molar-refractivity contribution is -0.139. The normalized spacial score (nSPS) is 21.9. The molecule has 2 heterocycles. The molecule has 4 heteroatoms. The van der Waals surface area contributed by atoms with Crippen LogP contribution in [0.5, 0.6) is 0 Å². The zero-order valence-electron chi connectivity index (χ0n) is 11.1. The van der Waals surface area contributed by atoms with Crippen molar-refractivity contribution in [3.05, 3.63) is 35.4 Å². The minimum atomic E-state index is 0.0543. The van der Waals surface area contributed by atoms with Crippen molar-refractivity contribution in [2.75, 3.05) is 13.1 Å². The number of nitrogens with zero attached hydrogens (tertiary/aromatic N) is 2. The van der Waals surface area contributed by atoms with E-state index in [4.69, 9.17) is 0 Å². The molecular formula is C15H18N2O2. The molecule has 1 fully saturated rings. The van der Waals surface area contributed by atoms with Gasteiger partial charge in [-0.25, -0.2) is 0 Å². The van der Waals surface area contributed by atoms with Gasteiger partial charge in [-0.3, -0.25) is 9.59 Å². The van der Waals surface area contributed by atoms with Crippen molar-refractivity contribution in [1.29, 1.82) is 0 Å². The van der Waals surface area contributed by atoms with Gasteiger partial charge < -0.3 is 9.80 Å². The van der Waals surface area contributed by atoms with Gasteiger partial charge in [0.05, 0.1) is 6.54 Å². The lowest BCUT2D eigenvalue weighted by Crippen LogP contribution is -2.39. The second-order valence-corrected chi connectivity index (χ2v) is 5.47. The number of hydrogen-bond acceptors (Lipinski definition) is 2. The van der Waals surface area contributed by atoms with Gasteiger partial charge in [0.2, 0.25) is 11.8 Å². The fourth-order valence-electron chi connectivity index (χ4n) is 2.82. The third-order valence-electron chi connectivity index (χ3n) is 4.08. The molecule has 3 rings (SSSR count). The molecule has 1 saturated heterocycles. The van der Waals surface area contributed by atoms with Crippen LogP contribution >= 0.6 is 0 Å². The zero-order valence-corrected chi connectivity index (χ0v) is 11.1. The third kappa shape index (κ3) is 2.23. The van der Waals surface area contributed by atoms with E-state index in [-0.39, 0.29) is 24.3 Å². The summed E-state index contributed by atoms with van der Waals surface area (Å²) >= 11 is 0. The lowest BCUT2D eigenvalue weighted by Gasteiger charge is -2.21. The molecule has 2 amide bonds. The van der Waals surface area contributed by atoms with Gasteiger partial charge >= 0.3 is 0 Å². The van der Waals surface area contributed by atoms with Gasteiger partial charge in [0, 0.05) is 25.6 Å². The Morgan fingerprint density at radius 2 is 1.89 bits per heavy atom. The molecule has 1 atom stereocenters. The molecular weight excluding hydrogens is 240 g/mol. The average Bonchev–Trinajstić information content (AvgIpc) is 2.97. The molecule has 0 unspecified atom stereocenters. The van der Waals surface area contributed by atoms with Crippen LogP contribution in [0.4, 0.5) is 0 Å². The standard InChI is InChI=1S/C15H18N2O2/c1-11-6-7-16(15(11)19)10-14(18)17-8-12-4-2-3-5-13(12)9-17/h2-5,11H,6-10H2,1H3/t11-/m1/s1. The maximum absolute atomic E-state index is 12.3. The SMILES string of the molecule is C[C@@H]1CCN(CC(=O)N2Cc3ccccc3C2)C1=O. The van der Waals surface area contributed by atoms with E-state index in [0.29, 0.717) is 19.6 Å². The van der Waals surface area contributed by atoms with E-state index in [9.17, 15) is 9.59 Å². The molecule has 4 nitrogen and oxygen atoms in total. The van der Waals surface area contributed by atoms with Crippen molar-refractivity contribution in [2.45, 2.75) is 26.4 Å². The Hall–Kier alpha value is -1.84. The Bertz CT molecular complexity index is 502. The number of fused-ring (bicyclic) bond motifs is 1. The van der Waals surface area contributed by atoms with Crippen LogP contribution in [0.1, 0.15) is 24.5 Å². The van der Waals surface area contributed by atoms with E-state index in [2.05, 4.69) is 12.1 Å². The summed E-state index contributed by atoms with van der Waals surface area (Å²) in [4.78, 5) is 27.6. The van der Waals surface area contributed by atoms with Gasteiger partial charge in [-0.1, -0.05) is 31.2 Å². The summed E-state index contributed by atoms with van der Waals surface area (Å²) < 4.78 is 0. The number of likely N-dealkylation sites (tertiary alicyclic amines) is 1. The Balaban J connectivity index is 1.63. The molecule has 0 bridgehead atoms. The zero-order chi connectivity index (χ0) is 13.4. The summed E-state index contributed by atoms with van der Waals surface area (Å²) in [6, 6.07) is 8.12. The van der Waals surface area contributed by atoms with Gasteiger partial charge in [-0.05, 0) is 17.5 Å². The Kier molecular flexibility index (Phi) is 3.01. The van der Waals surface area contributed by atoms with Gasteiger partial charge in [0.25, 0.3) is 0 Å². The summed E-state index contributed by atoms with van der Waals surface area (Å²) in [5.74, 6) is 0.243.